The minimum atomic E-state index is -0.730. The van der Waals surface area contributed by atoms with E-state index in [2.05, 4.69) is 12.2 Å². The zero-order valence-corrected chi connectivity index (χ0v) is 23.1. The highest BCUT2D eigenvalue weighted by Crippen LogP contribution is 2.42. The molecule has 0 aliphatic carbocycles. The second-order valence-corrected chi connectivity index (χ2v) is 10.8. The molecule has 2 heterocycles. The van der Waals surface area contributed by atoms with Crippen LogP contribution in [-0.4, -0.2) is 46.5 Å². The lowest BCUT2D eigenvalue weighted by molar-refractivity contribution is -0.154. The Morgan fingerprint density at radius 3 is 2.15 bits per heavy atom. The van der Waals surface area contributed by atoms with Crippen molar-refractivity contribution >= 4 is 29.5 Å². The molecular formula is C32H32N2O5S. The number of benzene rings is 3. The summed E-state index contributed by atoms with van der Waals surface area (Å²) in [5.41, 5.74) is 2.90. The molecule has 3 aromatic carbocycles. The van der Waals surface area contributed by atoms with Crippen molar-refractivity contribution in [2.75, 3.05) is 12.4 Å². The number of amides is 2. The lowest BCUT2D eigenvalue weighted by Crippen LogP contribution is -2.71. The van der Waals surface area contributed by atoms with Crippen LogP contribution in [0.15, 0.2) is 102 Å². The number of para-hydroxylation sites is 1. The molecule has 5 rings (SSSR count). The number of fused-ring (bicyclic) bond motifs is 1. The first-order valence-corrected chi connectivity index (χ1v) is 14.6. The topological polar surface area (TPSA) is 84.9 Å². The Morgan fingerprint density at radius 2 is 1.55 bits per heavy atom. The van der Waals surface area contributed by atoms with E-state index in [4.69, 9.17) is 9.47 Å². The quantitative estimate of drug-likeness (QED) is 0.257. The van der Waals surface area contributed by atoms with Gasteiger partial charge in [-0.05, 0) is 41.7 Å². The molecule has 40 heavy (non-hydrogen) atoms. The number of thioether (sulfide) groups is 1. The number of hydrogen-bond donors (Lipinski definition) is 1. The lowest BCUT2D eigenvalue weighted by atomic mass is 9.99. The Balaban J connectivity index is 1.34. The van der Waals surface area contributed by atoms with Crippen molar-refractivity contribution in [2.24, 2.45) is 0 Å². The summed E-state index contributed by atoms with van der Waals surface area (Å²) in [4.78, 5) is 41.4. The van der Waals surface area contributed by atoms with Crippen molar-refractivity contribution < 1.29 is 23.9 Å². The second-order valence-electron chi connectivity index (χ2n) is 9.72. The number of rotatable bonds is 11. The van der Waals surface area contributed by atoms with Crippen LogP contribution < -0.4 is 10.1 Å². The molecule has 1 saturated heterocycles. The first-order valence-electron chi connectivity index (χ1n) is 13.5. The molecule has 0 aromatic heterocycles. The van der Waals surface area contributed by atoms with E-state index in [0.717, 1.165) is 29.5 Å². The first kappa shape index (κ1) is 27.5. The van der Waals surface area contributed by atoms with Gasteiger partial charge < -0.3 is 14.8 Å². The average Bonchev–Trinajstić information content (AvgIpc) is 3.01. The molecule has 2 aliphatic rings. The molecule has 1 fully saturated rings. The lowest BCUT2D eigenvalue weighted by Gasteiger charge is -2.50. The number of esters is 1. The molecule has 0 radical (unpaired) electrons. The fraction of sp³-hybridized carbons (Fsp3) is 0.281. The maximum absolute atomic E-state index is 13.9. The number of ether oxygens (including phenoxy) is 2. The van der Waals surface area contributed by atoms with Gasteiger partial charge in [0.25, 0.3) is 11.8 Å². The fourth-order valence-electron chi connectivity index (χ4n) is 4.88. The van der Waals surface area contributed by atoms with Gasteiger partial charge in [-0.3, -0.25) is 14.5 Å². The third kappa shape index (κ3) is 6.07. The van der Waals surface area contributed by atoms with Gasteiger partial charge in [0, 0.05) is 5.75 Å². The van der Waals surface area contributed by atoms with Gasteiger partial charge in [-0.2, -0.15) is 0 Å². The van der Waals surface area contributed by atoms with E-state index in [1.807, 2.05) is 78.9 Å². The molecule has 1 N–H and O–H groups in total. The zero-order valence-electron chi connectivity index (χ0n) is 22.3. The van der Waals surface area contributed by atoms with Gasteiger partial charge in [0.1, 0.15) is 22.9 Å². The van der Waals surface area contributed by atoms with Crippen molar-refractivity contribution in [1.29, 1.82) is 0 Å². The van der Waals surface area contributed by atoms with E-state index < -0.39 is 18.1 Å². The highest BCUT2D eigenvalue weighted by molar-refractivity contribution is 8.00. The molecule has 1 unspecified atom stereocenters. The SMILES string of the molecule is CCCCC1=C(C(=O)OC(c2ccccc2)c2ccccc2)N2C(=O)C(NC(=O)COc3ccccc3)[C@@H]2SC1. The highest BCUT2D eigenvalue weighted by atomic mass is 32.2. The molecule has 206 valence electrons. The normalized spacial score (nSPS) is 18.1. The van der Waals surface area contributed by atoms with Crippen LogP contribution in [0.5, 0.6) is 5.75 Å². The predicted octanol–water partition coefficient (Wildman–Crippen LogP) is 5.24. The highest BCUT2D eigenvalue weighted by Gasteiger charge is 2.54. The number of hydrogen-bond acceptors (Lipinski definition) is 6. The van der Waals surface area contributed by atoms with E-state index in [1.54, 1.807) is 23.9 Å². The summed E-state index contributed by atoms with van der Waals surface area (Å²) in [6, 6.07) is 27.5. The molecule has 0 spiro atoms. The number of carbonyl (C=O) groups is 3. The second kappa shape index (κ2) is 12.9. The van der Waals surface area contributed by atoms with Crippen LogP contribution in [-0.2, 0) is 19.1 Å². The molecule has 0 bridgehead atoms. The van der Waals surface area contributed by atoms with E-state index in [1.165, 1.54) is 4.90 Å². The Bertz CT molecular complexity index is 1320. The van der Waals surface area contributed by atoms with Gasteiger partial charge in [0.15, 0.2) is 12.7 Å². The monoisotopic (exact) mass is 556 g/mol. The number of unbranched alkanes of at least 4 members (excludes halogenated alkanes) is 1. The van der Waals surface area contributed by atoms with Gasteiger partial charge in [-0.1, -0.05) is 92.2 Å². The number of nitrogens with zero attached hydrogens (tertiary/aromatic N) is 1. The maximum atomic E-state index is 13.9. The van der Waals surface area contributed by atoms with Gasteiger partial charge in [-0.25, -0.2) is 4.79 Å². The minimum Gasteiger partial charge on any atom is -0.484 e. The molecule has 0 saturated carbocycles. The van der Waals surface area contributed by atoms with E-state index in [0.29, 0.717) is 23.6 Å². The van der Waals surface area contributed by atoms with Gasteiger partial charge in [0.2, 0.25) is 0 Å². The number of carbonyl (C=O) groups excluding carboxylic acids is 3. The van der Waals surface area contributed by atoms with Crippen molar-refractivity contribution in [2.45, 2.75) is 43.7 Å². The largest absolute Gasteiger partial charge is 0.484 e. The van der Waals surface area contributed by atoms with Gasteiger partial charge >= 0.3 is 5.97 Å². The zero-order chi connectivity index (χ0) is 27.9. The van der Waals surface area contributed by atoms with Crippen LogP contribution in [0.3, 0.4) is 0 Å². The summed E-state index contributed by atoms with van der Waals surface area (Å²) in [6.07, 6.45) is 1.94. The molecular weight excluding hydrogens is 524 g/mol. The standard InChI is InChI=1S/C32H32N2O5S/c1-2-3-13-24-21-40-31-27(33-26(35)20-38-25-18-11-6-12-19-25)30(36)34(31)28(24)32(37)39-29(22-14-7-4-8-15-22)23-16-9-5-10-17-23/h4-12,14-19,27,29,31H,2-3,13,20-21H2,1H3,(H,33,35)/t27?,31-/m0/s1. The van der Waals surface area contributed by atoms with E-state index in [9.17, 15) is 14.4 Å². The predicted molar refractivity (Wildman–Crippen MR) is 154 cm³/mol. The van der Waals surface area contributed by atoms with Crippen LogP contribution >= 0.6 is 11.8 Å². The smallest absolute Gasteiger partial charge is 0.356 e. The van der Waals surface area contributed by atoms with Crippen LogP contribution in [0, 0.1) is 0 Å². The summed E-state index contributed by atoms with van der Waals surface area (Å²) < 4.78 is 11.7. The maximum Gasteiger partial charge on any atom is 0.356 e. The Hall–Kier alpha value is -4.04. The summed E-state index contributed by atoms with van der Waals surface area (Å²) in [5, 5.41) is 2.41. The first-order chi connectivity index (χ1) is 19.6. The summed E-state index contributed by atoms with van der Waals surface area (Å²) in [6.45, 7) is 1.89. The third-order valence-electron chi connectivity index (χ3n) is 6.93. The van der Waals surface area contributed by atoms with Crippen molar-refractivity contribution in [3.63, 3.8) is 0 Å². The number of β-lactam (4-membered cyclic amide) rings is 1. The van der Waals surface area contributed by atoms with Crippen LogP contribution in [0.25, 0.3) is 0 Å². The molecule has 2 amide bonds. The van der Waals surface area contributed by atoms with Crippen LogP contribution in [0.4, 0.5) is 0 Å². The van der Waals surface area contributed by atoms with E-state index in [-0.39, 0.29) is 23.8 Å². The Morgan fingerprint density at radius 1 is 0.950 bits per heavy atom. The number of nitrogens with one attached hydrogen (secondary N) is 1. The van der Waals surface area contributed by atoms with Crippen molar-refractivity contribution in [3.8, 4) is 5.75 Å². The van der Waals surface area contributed by atoms with Gasteiger partial charge in [-0.15, -0.1) is 11.8 Å². The van der Waals surface area contributed by atoms with Crippen molar-refractivity contribution in [1.82, 2.24) is 10.2 Å². The van der Waals surface area contributed by atoms with Crippen LogP contribution in [0.2, 0.25) is 0 Å². The van der Waals surface area contributed by atoms with Crippen molar-refractivity contribution in [3.05, 3.63) is 113 Å². The summed E-state index contributed by atoms with van der Waals surface area (Å²) >= 11 is 1.56. The molecule has 3 aromatic rings. The minimum absolute atomic E-state index is 0.201. The molecule has 7 nitrogen and oxygen atoms in total. The van der Waals surface area contributed by atoms with Crippen LogP contribution in [0.1, 0.15) is 43.4 Å². The summed E-state index contributed by atoms with van der Waals surface area (Å²) in [7, 11) is 0. The summed E-state index contributed by atoms with van der Waals surface area (Å²) in [5.74, 6) is -0.0684. The molecule has 8 heteroatoms. The van der Waals surface area contributed by atoms with Gasteiger partial charge in [0.05, 0.1) is 0 Å². The molecule has 2 aliphatic heterocycles. The Kier molecular flexibility index (Phi) is 8.86. The van der Waals surface area contributed by atoms with E-state index >= 15 is 0 Å². The fourth-order valence-corrected chi connectivity index (χ4v) is 6.27. The Labute approximate surface area is 238 Å². The third-order valence-corrected chi connectivity index (χ3v) is 8.27. The average molecular weight is 557 g/mol. The molecule has 2 atom stereocenters.